The van der Waals surface area contributed by atoms with E-state index in [2.05, 4.69) is 20.8 Å². The minimum absolute atomic E-state index is 0.000910. The number of ether oxygens (including phenoxy) is 4. The van der Waals surface area contributed by atoms with Gasteiger partial charge in [-0.15, -0.1) is 0 Å². The fourth-order valence-corrected chi connectivity index (χ4v) is 2.50. The number of hydrogen-bond donors (Lipinski definition) is 0. The Balaban J connectivity index is 2.10. The molecule has 3 atom stereocenters. The third-order valence-electron chi connectivity index (χ3n) is 3.84. The highest BCUT2D eigenvalue weighted by atomic mass is 16.7. The summed E-state index contributed by atoms with van der Waals surface area (Å²) in [6.45, 7) is 8.98. The third kappa shape index (κ3) is 5.88. The average molecular weight is 362 g/mol. The molecular weight excluding hydrogens is 336 g/mol. The molecule has 0 radical (unpaired) electrons. The van der Waals surface area contributed by atoms with Crippen LogP contribution in [0.3, 0.4) is 0 Å². The van der Waals surface area contributed by atoms with Crippen LogP contribution in [0.4, 0.5) is 0 Å². The molecule has 0 spiro atoms. The monoisotopic (exact) mass is 362 g/mol. The summed E-state index contributed by atoms with van der Waals surface area (Å²) in [5.41, 5.74) is 1.14. The van der Waals surface area contributed by atoms with Crippen LogP contribution in [0.15, 0.2) is 36.4 Å². The molecule has 142 valence electrons. The van der Waals surface area contributed by atoms with E-state index in [4.69, 9.17) is 18.9 Å². The van der Waals surface area contributed by atoms with Crippen LogP contribution in [-0.2, 0) is 29.2 Å². The van der Waals surface area contributed by atoms with Gasteiger partial charge in [0.05, 0.1) is 0 Å². The lowest BCUT2D eigenvalue weighted by molar-refractivity contribution is -0.178. The van der Waals surface area contributed by atoms with Gasteiger partial charge in [-0.2, -0.15) is 0 Å². The van der Waals surface area contributed by atoms with Crippen molar-refractivity contribution in [3.63, 3.8) is 0 Å². The van der Waals surface area contributed by atoms with Gasteiger partial charge in [-0.25, -0.2) is 0 Å². The average Bonchev–Trinajstić information content (AvgIpc) is 2.54. The smallest absolute Gasteiger partial charge is 0.303 e. The number of esters is 2. The van der Waals surface area contributed by atoms with Crippen LogP contribution in [0.2, 0.25) is 0 Å². The summed E-state index contributed by atoms with van der Waals surface area (Å²) in [4.78, 5) is 22.3. The highest BCUT2D eigenvalue weighted by Crippen LogP contribution is 2.27. The van der Waals surface area contributed by atoms with Crippen molar-refractivity contribution in [1.29, 1.82) is 0 Å². The van der Waals surface area contributed by atoms with E-state index >= 15 is 0 Å². The fraction of sp³-hybridized carbons (Fsp3) is 0.500. The van der Waals surface area contributed by atoms with E-state index in [0.29, 0.717) is 5.75 Å². The van der Waals surface area contributed by atoms with Gasteiger partial charge < -0.3 is 18.9 Å². The van der Waals surface area contributed by atoms with E-state index in [9.17, 15) is 9.59 Å². The molecule has 0 aromatic heterocycles. The lowest BCUT2D eigenvalue weighted by Gasteiger charge is -2.31. The van der Waals surface area contributed by atoms with Gasteiger partial charge in [0.2, 0.25) is 6.29 Å². The number of hydrogen-bond acceptors (Lipinski definition) is 6. The highest BCUT2D eigenvalue weighted by molar-refractivity contribution is 5.66. The molecule has 0 aliphatic carbocycles. The van der Waals surface area contributed by atoms with Crippen molar-refractivity contribution in [3.8, 4) is 5.75 Å². The first-order valence-electron chi connectivity index (χ1n) is 8.57. The maximum absolute atomic E-state index is 11.2. The van der Waals surface area contributed by atoms with Crippen molar-refractivity contribution in [2.45, 2.75) is 58.5 Å². The van der Waals surface area contributed by atoms with Crippen molar-refractivity contribution >= 4 is 11.9 Å². The number of rotatable bonds is 5. The van der Waals surface area contributed by atoms with Crippen LogP contribution in [0, 0.1) is 0 Å². The molecule has 26 heavy (non-hydrogen) atoms. The number of carbonyl (C=O) groups is 2. The summed E-state index contributed by atoms with van der Waals surface area (Å²) in [7, 11) is 0. The van der Waals surface area contributed by atoms with E-state index in [-0.39, 0.29) is 12.0 Å². The maximum atomic E-state index is 11.2. The van der Waals surface area contributed by atoms with Gasteiger partial charge in [-0.1, -0.05) is 32.9 Å². The van der Waals surface area contributed by atoms with Gasteiger partial charge in [0, 0.05) is 13.8 Å². The Kier molecular flexibility index (Phi) is 6.42. The molecule has 6 heteroatoms. The van der Waals surface area contributed by atoms with Crippen molar-refractivity contribution < 1.29 is 28.5 Å². The van der Waals surface area contributed by atoms with Gasteiger partial charge in [0.1, 0.15) is 24.6 Å². The van der Waals surface area contributed by atoms with E-state index < -0.39 is 30.4 Å². The van der Waals surface area contributed by atoms with Gasteiger partial charge in [0.15, 0.2) is 0 Å². The van der Waals surface area contributed by atoms with Gasteiger partial charge in [0.25, 0.3) is 0 Å². The summed E-state index contributed by atoms with van der Waals surface area (Å²) < 4.78 is 21.9. The van der Waals surface area contributed by atoms with Gasteiger partial charge >= 0.3 is 11.9 Å². The minimum Gasteiger partial charge on any atom is -0.463 e. The molecule has 0 amide bonds. The largest absolute Gasteiger partial charge is 0.463 e. The molecule has 0 fully saturated rings. The first-order chi connectivity index (χ1) is 12.1. The Bertz CT molecular complexity index is 673. The standard InChI is InChI=1S/C20H26O6/c1-13(21)23-12-18-17(24-14(2)22)9-10-19(26-18)25-16-8-6-7-15(11-16)20(3,4)5/h6-11,17-19H,12H2,1-5H3/t17-,18+,19-/m0/s1. The zero-order valence-corrected chi connectivity index (χ0v) is 15.9. The number of carbonyl (C=O) groups excluding carboxylic acids is 2. The zero-order chi connectivity index (χ0) is 19.3. The topological polar surface area (TPSA) is 71.1 Å². The van der Waals surface area contributed by atoms with E-state index in [1.165, 1.54) is 13.8 Å². The minimum atomic E-state index is -0.669. The highest BCUT2D eigenvalue weighted by Gasteiger charge is 2.31. The van der Waals surface area contributed by atoms with Crippen LogP contribution < -0.4 is 4.74 Å². The van der Waals surface area contributed by atoms with Gasteiger partial charge in [-0.05, 0) is 35.3 Å². The SMILES string of the molecule is CC(=O)OC[C@H]1O[C@H](Oc2cccc(C(C)(C)C)c2)C=C[C@@H]1OC(C)=O. The Morgan fingerprint density at radius 2 is 1.85 bits per heavy atom. The maximum Gasteiger partial charge on any atom is 0.303 e. The summed E-state index contributed by atoms with van der Waals surface area (Å²) in [5, 5.41) is 0. The Labute approximate surface area is 154 Å². The second-order valence-electron chi connectivity index (χ2n) is 7.20. The Morgan fingerprint density at radius 3 is 2.46 bits per heavy atom. The van der Waals surface area contributed by atoms with Gasteiger partial charge in [-0.3, -0.25) is 9.59 Å². The molecule has 2 rings (SSSR count). The second-order valence-corrected chi connectivity index (χ2v) is 7.20. The Morgan fingerprint density at radius 1 is 1.12 bits per heavy atom. The molecule has 0 unspecified atom stereocenters. The molecule has 1 aliphatic heterocycles. The lowest BCUT2D eigenvalue weighted by Crippen LogP contribution is -2.43. The molecule has 0 saturated carbocycles. The molecule has 0 N–H and O–H groups in total. The molecule has 0 saturated heterocycles. The summed E-state index contributed by atoms with van der Waals surface area (Å²) in [5.74, 6) is -0.197. The summed E-state index contributed by atoms with van der Waals surface area (Å²) in [6.07, 6.45) is 1.44. The lowest BCUT2D eigenvalue weighted by atomic mass is 9.87. The Hall–Kier alpha value is -2.34. The van der Waals surface area contributed by atoms with E-state index in [0.717, 1.165) is 5.56 Å². The van der Waals surface area contributed by atoms with Crippen molar-refractivity contribution in [2.75, 3.05) is 6.61 Å². The molecule has 1 aromatic carbocycles. The fourth-order valence-electron chi connectivity index (χ4n) is 2.50. The van der Waals surface area contributed by atoms with E-state index in [1.54, 1.807) is 12.2 Å². The van der Waals surface area contributed by atoms with Crippen LogP contribution in [-0.4, -0.2) is 37.0 Å². The molecule has 6 nitrogen and oxygen atoms in total. The molecule has 1 heterocycles. The second kappa shape index (κ2) is 8.36. The molecule has 1 aromatic rings. The van der Waals surface area contributed by atoms with E-state index in [1.807, 2.05) is 24.3 Å². The van der Waals surface area contributed by atoms with Crippen molar-refractivity contribution in [2.24, 2.45) is 0 Å². The quantitative estimate of drug-likeness (QED) is 0.592. The van der Waals surface area contributed by atoms with Crippen molar-refractivity contribution in [1.82, 2.24) is 0 Å². The van der Waals surface area contributed by atoms with Crippen LogP contribution in [0.1, 0.15) is 40.2 Å². The predicted octanol–water partition coefficient (Wildman–Crippen LogP) is 3.14. The summed E-state index contributed by atoms with van der Waals surface area (Å²) in [6, 6.07) is 7.80. The number of benzene rings is 1. The third-order valence-corrected chi connectivity index (χ3v) is 3.84. The van der Waals surface area contributed by atoms with Crippen LogP contribution in [0.5, 0.6) is 5.75 Å². The van der Waals surface area contributed by atoms with Crippen LogP contribution >= 0.6 is 0 Å². The first kappa shape index (κ1) is 20.0. The van der Waals surface area contributed by atoms with Crippen molar-refractivity contribution in [3.05, 3.63) is 42.0 Å². The zero-order valence-electron chi connectivity index (χ0n) is 15.9. The molecule has 0 bridgehead atoms. The summed E-state index contributed by atoms with van der Waals surface area (Å²) >= 11 is 0. The first-order valence-corrected chi connectivity index (χ1v) is 8.57. The molecule has 1 aliphatic rings. The predicted molar refractivity (Wildman–Crippen MR) is 95.8 cm³/mol. The normalized spacial score (nSPS) is 22.6. The van der Waals surface area contributed by atoms with Crippen LogP contribution in [0.25, 0.3) is 0 Å². The molecular formula is C20H26O6.